The van der Waals surface area contributed by atoms with Crippen LogP contribution in [0.2, 0.25) is 0 Å². The van der Waals surface area contributed by atoms with Crippen molar-refractivity contribution in [3.05, 3.63) is 0 Å². The van der Waals surface area contributed by atoms with E-state index in [0.29, 0.717) is 19.2 Å². The molecule has 106 valence electrons. The number of hydrogen-bond donors (Lipinski definition) is 1. The van der Waals surface area contributed by atoms with Crippen molar-refractivity contribution >= 4 is 5.97 Å². The van der Waals surface area contributed by atoms with Crippen molar-refractivity contribution in [3.63, 3.8) is 0 Å². The van der Waals surface area contributed by atoms with Crippen LogP contribution in [0.1, 0.15) is 27.2 Å². The molecule has 5 heteroatoms. The third-order valence-corrected chi connectivity index (χ3v) is 3.26. The lowest BCUT2D eigenvalue weighted by Crippen LogP contribution is -2.53. The molecule has 0 bridgehead atoms. The molecule has 1 saturated heterocycles. The van der Waals surface area contributed by atoms with E-state index in [4.69, 9.17) is 9.47 Å². The number of rotatable bonds is 7. The van der Waals surface area contributed by atoms with Gasteiger partial charge in [0.2, 0.25) is 0 Å². The predicted molar refractivity (Wildman–Crippen MR) is 70.6 cm³/mol. The maximum Gasteiger partial charge on any atom is 0.324 e. The standard InChI is InChI=1S/C13H26N2O3/c1-4-11-10-17-8-7-15(11)9-12(14-5-2)13(16)18-6-3/h11-12,14H,4-10H2,1-3H3. The Balaban J connectivity index is 2.54. The van der Waals surface area contributed by atoms with E-state index in [9.17, 15) is 4.79 Å². The topological polar surface area (TPSA) is 50.8 Å². The Hall–Kier alpha value is -0.650. The number of nitrogens with one attached hydrogen (secondary N) is 1. The molecule has 0 amide bonds. The Morgan fingerprint density at radius 2 is 2.28 bits per heavy atom. The van der Waals surface area contributed by atoms with Crippen molar-refractivity contribution in [1.82, 2.24) is 10.2 Å². The summed E-state index contributed by atoms with van der Waals surface area (Å²) in [5.41, 5.74) is 0. The fraction of sp³-hybridized carbons (Fsp3) is 0.923. The van der Waals surface area contributed by atoms with Crippen molar-refractivity contribution in [2.45, 2.75) is 39.3 Å². The van der Waals surface area contributed by atoms with Gasteiger partial charge in [-0.25, -0.2) is 0 Å². The Labute approximate surface area is 110 Å². The number of ether oxygens (including phenoxy) is 2. The lowest BCUT2D eigenvalue weighted by Gasteiger charge is -2.36. The van der Waals surface area contributed by atoms with Crippen molar-refractivity contribution in [1.29, 1.82) is 0 Å². The van der Waals surface area contributed by atoms with E-state index in [1.807, 2.05) is 13.8 Å². The molecule has 1 fully saturated rings. The van der Waals surface area contributed by atoms with Gasteiger partial charge in [0, 0.05) is 19.1 Å². The number of carbonyl (C=O) groups excluding carboxylic acids is 1. The molecule has 0 aliphatic carbocycles. The summed E-state index contributed by atoms with van der Waals surface area (Å²) >= 11 is 0. The van der Waals surface area contributed by atoms with E-state index in [-0.39, 0.29) is 12.0 Å². The molecule has 0 aromatic rings. The number of likely N-dealkylation sites (N-methyl/N-ethyl adjacent to an activating group) is 1. The highest BCUT2D eigenvalue weighted by Crippen LogP contribution is 2.11. The van der Waals surface area contributed by atoms with Gasteiger partial charge in [-0.1, -0.05) is 13.8 Å². The van der Waals surface area contributed by atoms with Crippen LogP contribution >= 0.6 is 0 Å². The molecule has 1 heterocycles. The van der Waals surface area contributed by atoms with Crippen molar-refractivity contribution in [3.8, 4) is 0 Å². The molecule has 0 spiro atoms. The minimum Gasteiger partial charge on any atom is -0.465 e. The maximum absolute atomic E-state index is 11.9. The zero-order valence-electron chi connectivity index (χ0n) is 11.8. The Morgan fingerprint density at radius 1 is 1.50 bits per heavy atom. The van der Waals surface area contributed by atoms with Gasteiger partial charge in [-0.2, -0.15) is 0 Å². The smallest absolute Gasteiger partial charge is 0.324 e. The van der Waals surface area contributed by atoms with Crippen LogP contribution in [0.15, 0.2) is 0 Å². The molecular weight excluding hydrogens is 232 g/mol. The minimum absolute atomic E-state index is 0.152. The molecule has 0 radical (unpaired) electrons. The van der Waals surface area contributed by atoms with E-state index in [1.165, 1.54) is 0 Å². The fourth-order valence-electron chi connectivity index (χ4n) is 2.25. The van der Waals surface area contributed by atoms with E-state index >= 15 is 0 Å². The molecule has 5 nitrogen and oxygen atoms in total. The molecule has 0 saturated carbocycles. The van der Waals surface area contributed by atoms with Crippen LogP contribution in [0.3, 0.4) is 0 Å². The van der Waals surface area contributed by atoms with Crippen LogP contribution < -0.4 is 5.32 Å². The second-order valence-electron chi connectivity index (χ2n) is 4.49. The quantitative estimate of drug-likeness (QED) is 0.679. The van der Waals surface area contributed by atoms with Crippen molar-refractivity contribution in [2.75, 3.05) is 39.5 Å². The summed E-state index contributed by atoms with van der Waals surface area (Å²) in [7, 11) is 0. The SMILES string of the molecule is CCNC(CN1CCOCC1CC)C(=O)OCC. The lowest BCUT2D eigenvalue weighted by molar-refractivity contribution is -0.146. The first-order valence-corrected chi connectivity index (χ1v) is 6.94. The van der Waals surface area contributed by atoms with E-state index in [2.05, 4.69) is 17.1 Å². The Bertz CT molecular complexity index is 248. The molecule has 1 N–H and O–H groups in total. The van der Waals surface area contributed by atoms with Gasteiger partial charge in [-0.15, -0.1) is 0 Å². The summed E-state index contributed by atoms with van der Waals surface area (Å²) in [6.07, 6.45) is 1.04. The second kappa shape index (κ2) is 8.45. The van der Waals surface area contributed by atoms with Gasteiger partial charge in [0.25, 0.3) is 0 Å². The fourth-order valence-corrected chi connectivity index (χ4v) is 2.25. The normalized spacial score (nSPS) is 22.7. The van der Waals surface area contributed by atoms with Crippen LogP contribution in [0.4, 0.5) is 0 Å². The van der Waals surface area contributed by atoms with Gasteiger partial charge >= 0.3 is 5.97 Å². The van der Waals surface area contributed by atoms with Gasteiger partial charge in [0.1, 0.15) is 6.04 Å². The maximum atomic E-state index is 11.9. The third-order valence-electron chi connectivity index (χ3n) is 3.26. The van der Waals surface area contributed by atoms with Gasteiger partial charge in [-0.3, -0.25) is 9.69 Å². The van der Waals surface area contributed by atoms with Gasteiger partial charge in [-0.05, 0) is 19.9 Å². The average molecular weight is 258 g/mol. The molecular formula is C13H26N2O3. The second-order valence-corrected chi connectivity index (χ2v) is 4.49. The molecule has 0 aromatic heterocycles. The molecule has 18 heavy (non-hydrogen) atoms. The molecule has 2 unspecified atom stereocenters. The first-order valence-electron chi connectivity index (χ1n) is 6.94. The van der Waals surface area contributed by atoms with Crippen LogP contribution in [-0.2, 0) is 14.3 Å². The van der Waals surface area contributed by atoms with E-state index in [1.54, 1.807) is 0 Å². The molecule has 1 aliphatic heterocycles. The lowest BCUT2D eigenvalue weighted by atomic mass is 10.1. The number of morpholine rings is 1. The minimum atomic E-state index is -0.234. The summed E-state index contributed by atoms with van der Waals surface area (Å²) in [6, 6.07) is 0.177. The van der Waals surface area contributed by atoms with E-state index in [0.717, 1.165) is 32.7 Å². The van der Waals surface area contributed by atoms with Crippen LogP contribution in [0, 0.1) is 0 Å². The average Bonchev–Trinajstić information content (AvgIpc) is 2.39. The monoisotopic (exact) mass is 258 g/mol. The van der Waals surface area contributed by atoms with Gasteiger partial charge < -0.3 is 14.8 Å². The third kappa shape index (κ3) is 4.55. The van der Waals surface area contributed by atoms with Crippen molar-refractivity contribution < 1.29 is 14.3 Å². The zero-order chi connectivity index (χ0) is 13.4. The number of carbonyl (C=O) groups is 1. The molecule has 2 atom stereocenters. The summed E-state index contributed by atoms with van der Waals surface area (Å²) < 4.78 is 10.6. The molecule has 1 rings (SSSR count). The highest BCUT2D eigenvalue weighted by atomic mass is 16.5. The van der Waals surface area contributed by atoms with Crippen molar-refractivity contribution in [2.24, 2.45) is 0 Å². The summed E-state index contributed by atoms with van der Waals surface area (Å²) in [5, 5.41) is 3.20. The van der Waals surface area contributed by atoms with Crippen LogP contribution in [0.5, 0.6) is 0 Å². The summed E-state index contributed by atoms with van der Waals surface area (Å²) in [5.74, 6) is -0.152. The highest BCUT2D eigenvalue weighted by molar-refractivity contribution is 5.76. The first-order chi connectivity index (χ1) is 8.72. The molecule has 1 aliphatic rings. The Kier molecular flexibility index (Phi) is 7.23. The van der Waals surface area contributed by atoms with Crippen LogP contribution in [-0.4, -0.2) is 62.4 Å². The summed E-state index contributed by atoms with van der Waals surface area (Å²) in [6.45, 7) is 10.3. The number of nitrogens with zero attached hydrogens (tertiary/aromatic N) is 1. The first kappa shape index (κ1) is 15.4. The van der Waals surface area contributed by atoms with Gasteiger partial charge in [0.15, 0.2) is 0 Å². The number of esters is 1. The zero-order valence-corrected chi connectivity index (χ0v) is 11.8. The summed E-state index contributed by atoms with van der Waals surface area (Å²) in [4.78, 5) is 14.2. The van der Waals surface area contributed by atoms with Crippen LogP contribution in [0.25, 0.3) is 0 Å². The van der Waals surface area contributed by atoms with Gasteiger partial charge in [0.05, 0.1) is 19.8 Å². The van der Waals surface area contributed by atoms with E-state index < -0.39 is 0 Å². The highest BCUT2D eigenvalue weighted by Gasteiger charge is 2.27. The predicted octanol–water partition coefficient (Wildman–Crippen LogP) is 0.638. The largest absolute Gasteiger partial charge is 0.465 e. The number of hydrogen-bond acceptors (Lipinski definition) is 5. The molecule has 0 aromatic carbocycles. The Morgan fingerprint density at radius 3 is 2.89 bits per heavy atom.